The smallest absolute Gasteiger partial charge is 0.344 e. The molecule has 2 aromatic carbocycles. The molecule has 0 heterocycles. The molecule has 0 spiro atoms. The molecule has 0 saturated carbocycles. The molecule has 0 N–H and O–H groups in total. The molecule has 0 bridgehead atoms. The van der Waals surface area contributed by atoms with Gasteiger partial charge in [0.25, 0.3) is 0 Å². The highest BCUT2D eigenvalue weighted by Crippen LogP contribution is 2.33. The van der Waals surface area contributed by atoms with Gasteiger partial charge in [0.05, 0.1) is 0 Å². The zero-order valence-corrected chi connectivity index (χ0v) is 14.7. The van der Waals surface area contributed by atoms with E-state index in [-0.39, 0.29) is 0 Å². The average Bonchev–Trinajstić information content (AvgIpc) is 2.59. The molecule has 0 aliphatic rings. The molecule has 3 nitrogen and oxygen atoms in total. The fourth-order valence-corrected chi connectivity index (χ4v) is 2.76. The Hall–Kier alpha value is -2.31. The first kappa shape index (κ1) is 18.0. The van der Waals surface area contributed by atoms with Crippen LogP contribution in [-0.4, -0.2) is 19.2 Å². The van der Waals surface area contributed by atoms with E-state index in [2.05, 4.69) is 5.92 Å². The van der Waals surface area contributed by atoms with Gasteiger partial charge in [0.1, 0.15) is 0 Å². The zero-order valence-electron chi connectivity index (χ0n) is 14.7. The maximum atomic E-state index is 12.8. The molecular weight excluding hydrogens is 300 g/mol. The van der Waals surface area contributed by atoms with Gasteiger partial charge in [-0.15, -0.1) is 6.42 Å². The van der Waals surface area contributed by atoms with Crippen molar-refractivity contribution in [2.75, 3.05) is 7.11 Å². The molecule has 0 aliphatic carbocycles. The minimum absolute atomic E-state index is 0.338. The lowest BCUT2D eigenvalue weighted by molar-refractivity contribution is -0.171. The van der Waals surface area contributed by atoms with Crippen LogP contribution >= 0.6 is 0 Å². The van der Waals surface area contributed by atoms with Crippen molar-refractivity contribution in [3.05, 3.63) is 48.0 Å². The van der Waals surface area contributed by atoms with Crippen LogP contribution in [-0.2, 0) is 19.9 Å². The van der Waals surface area contributed by atoms with Crippen LogP contribution in [0.2, 0.25) is 0 Å². The van der Waals surface area contributed by atoms with Gasteiger partial charge in [0.15, 0.2) is 11.7 Å². The van der Waals surface area contributed by atoms with Gasteiger partial charge < -0.3 is 9.47 Å². The Labute approximate surface area is 144 Å². The zero-order chi connectivity index (χ0) is 17.7. The van der Waals surface area contributed by atoms with E-state index in [0.717, 1.165) is 16.3 Å². The van der Waals surface area contributed by atoms with E-state index in [1.807, 2.05) is 56.3 Å². The number of hydrogen-bond acceptors (Lipinski definition) is 3. The summed E-state index contributed by atoms with van der Waals surface area (Å²) in [5.74, 6) is 2.42. The van der Waals surface area contributed by atoms with Gasteiger partial charge >= 0.3 is 5.97 Å². The standard InChI is InChI=1S/C21H24O3/c1-6-17(14-15(2)3)24-20(22)21(4,23-5)19-13-9-11-16-10-7-8-12-18(16)19/h1,7-13,15,17H,14H2,2-5H3/t17-,21-/m0/s1. The van der Waals surface area contributed by atoms with E-state index in [1.165, 1.54) is 7.11 Å². The average molecular weight is 324 g/mol. The monoisotopic (exact) mass is 324 g/mol. The van der Waals surface area contributed by atoms with Crippen LogP contribution in [0.25, 0.3) is 10.8 Å². The number of terminal acetylenes is 1. The molecule has 0 fully saturated rings. The third-order valence-corrected chi connectivity index (χ3v) is 4.22. The fraction of sp³-hybridized carbons (Fsp3) is 0.381. The predicted octanol–water partition coefficient (Wildman–Crippen LogP) is 4.29. The number of rotatable bonds is 6. The summed E-state index contributed by atoms with van der Waals surface area (Å²) in [4.78, 5) is 12.8. The molecule has 24 heavy (non-hydrogen) atoms. The molecule has 2 atom stereocenters. The normalized spacial score (nSPS) is 14.8. The van der Waals surface area contributed by atoms with Gasteiger partial charge in [0.2, 0.25) is 0 Å². The quantitative estimate of drug-likeness (QED) is 0.587. The number of esters is 1. The van der Waals surface area contributed by atoms with E-state index in [0.29, 0.717) is 12.3 Å². The maximum Gasteiger partial charge on any atom is 0.344 e. The Balaban J connectivity index is 2.40. The Morgan fingerprint density at radius 2 is 1.88 bits per heavy atom. The van der Waals surface area contributed by atoms with Crippen LogP contribution in [0.15, 0.2) is 42.5 Å². The summed E-state index contributed by atoms with van der Waals surface area (Å²) in [6.45, 7) is 5.80. The topological polar surface area (TPSA) is 35.5 Å². The van der Waals surface area contributed by atoms with Crippen LogP contribution < -0.4 is 0 Å². The van der Waals surface area contributed by atoms with Crippen molar-refractivity contribution in [3.8, 4) is 12.3 Å². The number of methoxy groups -OCH3 is 1. The molecule has 3 heteroatoms. The predicted molar refractivity (Wildman–Crippen MR) is 96.5 cm³/mol. The second-order valence-electron chi connectivity index (χ2n) is 6.45. The molecule has 2 rings (SSSR count). The summed E-state index contributed by atoms with van der Waals surface area (Å²) in [5.41, 5.74) is -0.444. The first-order valence-corrected chi connectivity index (χ1v) is 8.13. The number of fused-ring (bicyclic) bond motifs is 1. The highest BCUT2D eigenvalue weighted by atomic mass is 16.6. The minimum Gasteiger partial charge on any atom is -0.447 e. The highest BCUT2D eigenvalue weighted by molar-refractivity contribution is 5.92. The van der Waals surface area contributed by atoms with E-state index in [9.17, 15) is 4.79 Å². The third-order valence-electron chi connectivity index (χ3n) is 4.22. The fourth-order valence-electron chi connectivity index (χ4n) is 2.76. The lowest BCUT2D eigenvalue weighted by Gasteiger charge is -2.29. The number of carbonyl (C=O) groups is 1. The number of hydrogen-bond donors (Lipinski definition) is 0. The molecule has 0 aromatic heterocycles. The second-order valence-corrected chi connectivity index (χ2v) is 6.45. The SMILES string of the molecule is C#C[C@@H](CC(C)C)OC(=O)[C@@](C)(OC)c1cccc2ccccc12. The Kier molecular flexibility index (Phi) is 5.64. The van der Waals surface area contributed by atoms with Crippen molar-refractivity contribution in [1.29, 1.82) is 0 Å². The summed E-state index contributed by atoms with van der Waals surface area (Å²) in [5, 5.41) is 2.00. The van der Waals surface area contributed by atoms with Crippen LogP contribution in [0.4, 0.5) is 0 Å². The minimum atomic E-state index is -1.22. The van der Waals surface area contributed by atoms with Gasteiger partial charge in [-0.2, -0.15) is 0 Å². The lowest BCUT2D eigenvalue weighted by Crippen LogP contribution is -2.38. The lowest BCUT2D eigenvalue weighted by atomic mass is 9.90. The van der Waals surface area contributed by atoms with Crippen LogP contribution in [0.5, 0.6) is 0 Å². The molecular formula is C21H24O3. The van der Waals surface area contributed by atoms with E-state index >= 15 is 0 Å². The van der Waals surface area contributed by atoms with E-state index in [1.54, 1.807) is 6.92 Å². The van der Waals surface area contributed by atoms with Crippen molar-refractivity contribution in [1.82, 2.24) is 0 Å². The molecule has 0 radical (unpaired) electrons. The van der Waals surface area contributed by atoms with Crippen molar-refractivity contribution < 1.29 is 14.3 Å². The Bertz CT molecular complexity index is 752. The van der Waals surface area contributed by atoms with E-state index in [4.69, 9.17) is 15.9 Å². The van der Waals surface area contributed by atoms with Crippen LogP contribution in [0.1, 0.15) is 32.8 Å². The first-order valence-electron chi connectivity index (χ1n) is 8.13. The largest absolute Gasteiger partial charge is 0.447 e. The van der Waals surface area contributed by atoms with Gasteiger partial charge in [-0.3, -0.25) is 0 Å². The van der Waals surface area contributed by atoms with Crippen molar-refractivity contribution in [2.45, 2.75) is 38.9 Å². The molecule has 0 aliphatic heterocycles. The third kappa shape index (κ3) is 3.60. The summed E-state index contributed by atoms with van der Waals surface area (Å²) >= 11 is 0. The van der Waals surface area contributed by atoms with Gasteiger partial charge in [-0.05, 0) is 30.0 Å². The maximum absolute atomic E-state index is 12.8. The van der Waals surface area contributed by atoms with Gasteiger partial charge in [-0.1, -0.05) is 62.2 Å². The van der Waals surface area contributed by atoms with Gasteiger partial charge in [0, 0.05) is 12.7 Å². The Morgan fingerprint density at radius 1 is 1.21 bits per heavy atom. The summed E-state index contributed by atoms with van der Waals surface area (Å²) in [7, 11) is 1.51. The summed E-state index contributed by atoms with van der Waals surface area (Å²) in [6, 6.07) is 13.7. The second kappa shape index (κ2) is 7.51. The first-order chi connectivity index (χ1) is 11.4. The van der Waals surface area contributed by atoms with Crippen LogP contribution in [0, 0.1) is 18.3 Å². The van der Waals surface area contributed by atoms with Crippen molar-refractivity contribution >= 4 is 16.7 Å². The van der Waals surface area contributed by atoms with Gasteiger partial charge in [-0.25, -0.2) is 4.79 Å². The molecule has 0 unspecified atom stereocenters. The number of carbonyl (C=O) groups excluding carboxylic acids is 1. The summed E-state index contributed by atoms with van der Waals surface area (Å²) in [6.07, 6.45) is 5.58. The molecule has 2 aromatic rings. The molecule has 0 amide bonds. The van der Waals surface area contributed by atoms with Crippen molar-refractivity contribution in [2.24, 2.45) is 5.92 Å². The molecule has 126 valence electrons. The summed E-state index contributed by atoms with van der Waals surface area (Å²) < 4.78 is 11.2. The number of ether oxygens (including phenoxy) is 2. The van der Waals surface area contributed by atoms with E-state index < -0.39 is 17.7 Å². The van der Waals surface area contributed by atoms with Crippen molar-refractivity contribution in [3.63, 3.8) is 0 Å². The molecule has 0 saturated heterocycles. The van der Waals surface area contributed by atoms with Crippen LogP contribution in [0.3, 0.4) is 0 Å². The highest BCUT2D eigenvalue weighted by Gasteiger charge is 2.39. The Morgan fingerprint density at radius 3 is 2.50 bits per heavy atom. The number of benzene rings is 2.